The van der Waals surface area contributed by atoms with Crippen LogP contribution < -0.4 is 21.9 Å². The first-order valence-corrected chi connectivity index (χ1v) is 10.1. The van der Waals surface area contributed by atoms with Crippen molar-refractivity contribution < 1.29 is 13.9 Å². The van der Waals surface area contributed by atoms with E-state index in [9.17, 15) is 18.8 Å². The van der Waals surface area contributed by atoms with Crippen molar-refractivity contribution in [3.8, 4) is 0 Å². The number of carbonyl (C=O) groups excluding carboxylic acids is 1. The molecule has 1 amide bonds. The number of benzene rings is 2. The Hall–Kier alpha value is -3.24. The quantitative estimate of drug-likeness (QED) is 0.450. The first-order chi connectivity index (χ1) is 14.9. The van der Waals surface area contributed by atoms with Gasteiger partial charge in [0.05, 0.1) is 18.7 Å². The van der Waals surface area contributed by atoms with E-state index in [0.717, 1.165) is 17.7 Å². The van der Waals surface area contributed by atoms with Crippen LogP contribution in [0.1, 0.15) is 15.9 Å². The van der Waals surface area contributed by atoms with Crippen molar-refractivity contribution in [3.05, 3.63) is 90.8 Å². The van der Waals surface area contributed by atoms with Gasteiger partial charge in [-0.2, -0.15) is 0 Å². The molecule has 3 N–H and O–H groups in total. The van der Waals surface area contributed by atoms with Gasteiger partial charge in [0.25, 0.3) is 11.5 Å². The summed E-state index contributed by atoms with van der Waals surface area (Å²) >= 11 is 3.16. The summed E-state index contributed by atoms with van der Waals surface area (Å²) < 4.78 is 19.9. The van der Waals surface area contributed by atoms with E-state index in [2.05, 4.69) is 31.5 Å². The number of H-pyrrole nitrogens is 1. The molecule has 0 radical (unpaired) electrons. The zero-order valence-corrected chi connectivity index (χ0v) is 18.2. The topological polar surface area (TPSA) is 105 Å². The largest absolute Gasteiger partial charge is 0.383 e. The molecule has 162 valence electrons. The summed E-state index contributed by atoms with van der Waals surface area (Å²) in [5.74, 6) is -1.14. The summed E-state index contributed by atoms with van der Waals surface area (Å²) in [7, 11) is 1.47. The molecule has 1 heterocycles. The Balaban J connectivity index is 2.02. The highest BCUT2D eigenvalue weighted by molar-refractivity contribution is 9.10. The molecule has 2 aromatic carbocycles. The molecule has 0 bridgehead atoms. The average Bonchev–Trinajstić information content (AvgIpc) is 2.73. The van der Waals surface area contributed by atoms with Gasteiger partial charge < -0.3 is 15.4 Å². The van der Waals surface area contributed by atoms with Gasteiger partial charge in [0.2, 0.25) is 0 Å². The van der Waals surface area contributed by atoms with Crippen LogP contribution in [-0.4, -0.2) is 29.2 Å². The number of amides is 1. The van der Waals surface area contributed by atoms with Crippen molar-refractivity contribution in [2.75, 3.05) is 24.4 Å². The highest BCUT2D eigenvalue weighted by atomic mass is 79.9. The number of nitrogens with one attached hydrogen (secondary N) is 3. The lowest BCUT2D eigenvalue weighted by atomic mass is 10.2. The average molecular weight is 491 g/mol. The van der Waals surface area contributed by atoms with Crippen molar-refractivity contribution in [2.45, 2.75) is 13.1 Å². The number of ether oxygens (including phenoxy) is 1. The molecule has 0 aliphatic heterocycles. The third kappa shape index (κ3) is 5.47. The Morgan fingerprint density at radius 2 is 1.94 bits per heavy atom. The Bertz CT molecular complexity index is 1190. The van der Waals surface area contributed by atoms with E-state index in [1.807, 2.05) is 30.3 Å². The highest BCUT2D eigenvalue weighted by Crippen LogP contribution is 2.22. The van der Waals surface area contributed by atoms with Crippen LogP contribution >= 0.6 is 15.9 Å². The summed E-state index contributed by atoms with van der Waals surface area (Å²) in [6.45, 7) is 0.551. The fraction of sp³-hybridized carbons (Fsp3) is 0.190. The van der Waals surface area contributed by atoms with Crippen LogP contribution in [0.2, 0.25) is 0 Å². The SMILES string of the molecule is COCCn1c(NC(=O)c2ccc(F)cc2Br)c(NCc2ccccc2)c(=O)[nH]c1=O. The number of anilines is 2. The van der Waals surface area contributed by atoms with Crippen LogP contribution in [0.5, 0.6) is 0 Å². The standard InChI is InChI=1S/C21H20BrFN4O4/c1-31-10-9-27-18(25-19(28)15-8-7-14(23)11-16(15)22)17(20(29)26-21(27)30)24-12-13-5-3-2-4-6-13/h2-8,11,24H,9-10,12H2,1H3,(H,25,28)(H,26,29,30). The molecular formula is C21H20BrFN4O4. The normalized spacial score (nSPS) is 10.7. The van der Waals surface area contributed by atoms with Gasteiger partial charge in [-0.1, -0.05) is 30.3 Å². The third-order valence-corrected chi connectivity index (χ3v) is 5.09. The van der Waals surface area contributed by atoms with Crippen LogP contribution in [0.3, 0.4) is 0 Å². The van der Waals surface area contributed by atoms with Gasteiger partial charge >= 0.3 is 5.69 Å². The van der Waals surface area contributed by atoms with E-state index in [1.165, 1.54) is 17.7 Å². The lowest BCUT2D eigenvalue weighted by Gasteiger charge is -2.18. The molecule has 0 unspecified atom stereocenters. The van der Waals surface area contributed by atoms with E-state index in [0.29, 0.717) is 0 Å². The predicted octanol–water partition coefficient (Wildman–Crippen LogP) is 2.95. The molecule has 0 saturated carbocycles. The number of nitrogens with zero attached hydrogens (tertiary/aromatic N) is 1. The van der Waals surface area contributed by atoms with Crippen LogP contribution in [-0.2, 0) is 17.8 Å². The van der Waals surface area contributed by atoms with Crippen molar-refractivity contribution in [1.29, 1.82) is 0 Å². The van der Waals surface area contributed by atoms with Crippen LogP contribution in [0.25, 0.3) is 0 Å². The second kappa shape index (κ2) is 10.2. The first kappa shape index (κ1) is 22.4. The number of aromatic amines is 1. The Kier molecular flexibility index (Phi) is 7.37. The van der Waals surface area contributed by atoms with Crippen LogP contribution in [0.15, 0.2) is 62.6 Å². The van der Waals surface area contributed by atoms with E-state index in [1.54, 1.807) is 0 Å². The second-order valence-electron chi connectivity index (χ2n) is 6.54. The van der Waals surface area contributed by atoms with Crippen LogP contribution in [0, 0.1) is 5.82 Å². The number of methoxy groups -OCH3 is 1. The molecule has 3 rings (SSSR count). The van der Waals surface area contributed by atoms with Gasteiger partial charge in [0.1, 0.15) is 17.3 Å². The van der Waals surface area contributed by atoms with E-state index >= 15 is 0 Å². The number of carbonyl (C=O) groups is 1. The zero-order chi connectivity index (χ0) is 22.4. The van der Waals surface area contributed by atoms with E-state index in [4.69, 9.17) is 4.74 Å². The van der Waals surface area contributed by atoms with Gasteiger partial charge in [0, 0.05) is 18.1 Å². The Labute approximate surface area is 185 Å². The van der Waals surface area contributed by atoms with Gasteiger partial charge in [-0.15, -0.1) is 0 Å². The highest BCUT2D eigenvalue weighted by Gasteiger charge is 2.19. The number of halogens is 2. The minimum Gasteiger partial charge on any atom is -0.383 e. The smallest absolute Gasteiger partial charge is 0.330 e. The van der Waals surface area contributed by atoms with Crippen molar-refractivity contribution in [3.63, 3.8) is 0 Å². The molecule has 10 heteroatoms. The zero-order valence-electron chi connectivity index (χ0n) is 16.6. The lowest BCUT2D eigenvalue weighted by molar-refractivity contribution is 0.102. The van der Waals surface area contributed by atoms with Gasteiger partial charge in [0.15, 0.2) is 0 Å². The molecule has 0 fully saturated rings. The van der Waals surface area contributed by atoms with E-state index in [-0.39, 0.29) is 41.2 Å². The molecule has 0 atom stereocenters. The molecule has 3 aromatic rings. The Morgan fingerprint density at radius 1 is 1.19 bits per heavy atom. The summed E-state index contributed by atoms with van der Waals surface area (Å²) in [5.41, 5.74) is -0.313. The summed E-state index contributed by atoms with van der Waals surface area (Å²) in [4.78, 5) is 40.1. The number of aromatic nitrogens is 2. The van der Waals surface area contributed by atoms with Crippen molar-refractivity contribution in [2.24, 2.45) is 0 Å². The fourth-order valence-corrected chi connectivity index (χ4v) is 3.43. The molecule has 1 aromatic heterocycles. The molecular weight excluding hydrogens is 471 g/mol. The maximum absolute atomic E-state index is 13.4. The molecule has 0 spiro atoms. The third-order valence-electron chi connectivity index (χ3n) is 4.44. The Morgan fingerprint density at radius 3 is 2.61 bits per heavy atom. The van der Waals surface area contributed by atoms with E-state index < -0.39 is 23.0 Å². The van der Waals surface area contributed by atoms with Gasteiger partial charge in [-0.05, 0) is 39.7 Å². The number of hydrogen-bond donors (Lipinski definition) is 3. The molecule has 31 heavy (non-hydrogen) atoms. The predicted molar refractivity (Wildman–Crippen MR) is 119 cm³/mol. The van der Waals surface area contributed by atoms with Crippen LogP contribution in [0.4, 0.5) is 15.9 Å². The first-order valence-electron chi connectivity index (χ1n) is 9.31. The minimum atomic E-state index is -0.694. The molecule has 0 aliphatic carbocycles. The summed E-state index contributed by atoms with van der Waals surface area (Å²) in [6.07, 6.45) is 0. The fourth-order valence-electron chi connectivity index (χ4n) is 2.90. The lowest BCUT2D eigenvalue weighted by Crippen LogP contribution is -2.36. The number of rotatable bonds is 8. The second-order valence-corrected chi connectivity index (χ2v) is 7.40. The monoisotopic (exact) mass is 490 g/mol. The van der Waals surface area contributed by atoms with Crippen molar-refractivity contribution >= 4 is 33.3 Å². The van der Waals surface area contributed by atoms with Gasteiger partial charge in [-0.25, -0.2) is 9.18 Å². The summed E-state index contributed by atoms with van der Waals surface area (Å²) in [5, 5.41) is 5.61. The molecule has 0 aliphatic rings. The van der Waals surface area contributed by atoms with Crippen molar-refractivity contribution in [1.82, 2.24) is 9.55 Å². The van der Waals surface area contributed by atoms with Gasteiger partial charge in [-0.3, -0.25) is 19.1 Å². The maximum Gasteiger partial charge on any atom is 0.330 e. The molecule has 0 saturated heterocycles. The number of hydrogen-bond acceptors (Lipinski definition) is 5. The maximum atomic E-state index is 13.4. The summed E-state index contributed by atoms with van der Waals surface area (Å²) in [6, 6.07) is 12.9. The minimum absolute atomic E-state index is 0.0112. The molecule has 8 nitrogen and oxygen atoms in total.